The van der Waals surface area contributed by atoms with Crippen molar-refractivity contribution in [2.45, 2.75) is 64.1 Å². The molecular weight excluding hydrogens is 310 g/mol. The molecule has 3 unspecified atom stereocenters. The first-order chi connectivity index (χ1) is 12.1. The highest BCUT2D eigenvalue weighted by atomic mass is 16.2. The van der Waals surface area contributed by atoms with Crippen LogP contribution >= 0.6 is 0 Å². The van der Waals surface area contributed by atoms with E-state index in [0.29, 0.717) is 12.1 Å². The van der Waals surface area contributed by atoms with Gasteiger partial charge in [-0.05, 0) is 77.1 Å². The van der Waals surface area contributed by atoms with Crippen LogP contribution in [0.3, 0.4) is 0 Å². The lowest BCUT2D eigenvalue weighted by Gasteiger charge is -2.36. The summed E-state index contributed by atoms with van der Waals surface area (Å²) in [7, 11) is 0. The second-order valence-corrected chi connectivity index (χ2v) is 7.93. The van der Waals surface area contributed by atoms with Gasteiger partial charge in [0.2, 0.25) is 5.91 Å². The van der Waals surface area contributed by atoms with Crippen LogP contribution in [-0.2, 0) is 11.2 Å². The Balaban J connectivity index is 1.43. The fourth-order valence-electron chi connectivity index (χ4n) is 4.24. The van der Waals surface area contributed by atoms with Gasteiger partial charge in [0, 0.05) is 12.1 Å². The standard InChI is InChI=1S/C21H33N3O/c1-16-14-20(8-11-22-16)23-21(25)17(2)24-12-9-19(10-13-24)15-18-6-4-3-5-7-18/h3-7,16-17,19-20,22H,8-15H2,1-2H3,(H,23,25). The molecule has 2 N–H and O–H groups in total. The van der Waals surface area contributed by atoms with Crippen LogP contribution in [0.15, 0.2) is 30.3 Å². The maximum atomic E-state index is 12.6. The Morgan fingerprint density at radius 2 is 1.96 bits per heavy atom. The molecule has 3 rings (SSSR count). The first-order valence-electron chi connectivity index (χ1n) is 9.93. The summed E-state index contributed by atoms with van der Waals surface area (Å²) >= 11 is 0. The maximum Gasteiger partial charge on any atom is 0.237 e. The minimum Gasteiger partial charge on any atom is -0.352 e. The molecule has 2 saturated heterocycles. The third kappa shape index (κ3) is 5.29. The molecule has 4 heteroatoms. The first-order valence-corrected chi connectivity index (χ1v) is 9.93. The number of amides is 1. The smallest absolute Gasteiger partial charge is 0.237 e. The summed E-state index contributed by atoms with van der Waals surface area (Å²) in [6.45, 7) is 7.34. The molecule has 138 valence electrons. The number of rotatable bonds is 5. The Morgan fingerprint density at radius 3 is 2.64 bits per heavy atom. The molecule has 2 aliphatic heterocycles. The van der Waals surface area contributed by atoms with Gasteiger partial charge >= 0.3 is 0 Å². The van der Waals surface area contributed by atoms with Crippen molar-refractivity contribution in [3.05, 3.63) is 35.9 Å². The zero-order chi connectivity index (χ0) is 17.6. The highest BCUT2D eigenvalue weighted by Crippen LogP contribution is 2.23. The third-order valence-corrected chi connectivity index (χ3v) is 5.91. The second kappa shape index (κ2) is 8.81. The third-order valence-electron chi connectivity index (χ3n) is 5.91. The van der Waals surface area contributed by atoms with E-state index in [1.165, 1.54) is 24.8 Å². The van der Waals surface area contributed by atoms with Gasteiger partial charge in [0.05, 0.1) is 6.04 Å². The summed E-state index contributed by atoms with van der Waals surface area (Å²) in [6.07, 6.45) is 5.63. The summed E-state index contributed by atoms with van der Waals surface area (Å²) < 4.78 is 0. The largest absolute Gasteiger partial charge is 0.352 e. The molecule has 0 bridgehead atoms. The molecule has 2 fully saturated rings. The lowest BCUT2D eigenvalue weighted by molar-refractivity contribution is -0.127. The van der Waals surface area contributed by atoms with Crippen LogP contribution < -0.4 is 10.6 Å². The van der Waals surface area contributed by atoms with Gasteiger partial charge in [0.1, 0.15) is 0 Å². The van der Waals surface area contributed by atoms with Crippen LogP contribution in [0.2, 0.25) is 0 Å². The number of likely N-dealkylation sites (tertiary alicyclic amines) is 1. The zero-order valence-corrected chi connectivity index (χ0v) is 15.7. The van der Waals surface area contributed by atoms with Gasteiger partial charge in [0.25, 0.3) is 0 Å². The van der Waals surface area contributed by atoms with E-state index in [9.17, 15) is 4.79 Å². The lowest BCUT2D eigenvalue weighted by atomic mass is 9.89. The van der Waals surface area contributed by atoms with Crippen molar-refractivity contribution in [2.24, 2.45) is 5.92 Å². The summed E-state index contributed by atoms with van der Waals surface area (Å²) in [5, 5.41) is 6.72. The van der Waals surface area contributed by atoms with E-state index >= 15 is 0 Å². The molecule has 0 aromatic heterocycles. The van der Waals surface area contributed by atoms with E-state index in [0.717, 1.165) is 38.4 Å². The van der Waals surface area contributed by atoms with Gasteiger partial charge in [-0.1, -0.05) is 30.3 Å². The van der Waals surface area contributed by atoms with Crippen LogP contribution in [0.1, 0.15) is 45.1 Å². The van der Waals surface area contributed by atoms with Crippen LogP contribution in [0.4, 0.5) is 0 Å². The Bertz CT molecular complexity index is 539. The molecule has 2 aliphatic rings. The van der Waals surface area contributed by atoms with Gasteiger partial charge in [-0.3, -0.25) is 9.69 Å². The SMILES string of the molecule is CC1CC(NC(=O)C(C)N2CCC(Cc3ccccc3)CC2)CCN1. The summed E-state index contributed by atoms with van der Waals surface area (Å²) in [4.78, 5) is 15.0. The Morgan fingerprint density at radius 1 is 1.24 bits per heavy atom. The van der Waals surface area contributed by atoms with Crippen LogP contribution in [0.25, 0.3) is 0 Å². The Kier molecular flexibility index (Phi) is 6.49. The van der Waals surface area contributed by atoms with Crippen molar-refractivity contribution in [2.75, 3.05) is 19.6 Å². The topological polar surface area (TPSA) is 44.4 Å². The molecule has 4 nitrogen and oxygen atoms in total. The normalized spacial score (nSPS) is 27.0. The number of hydrogen-bond donors (Lipinski definition) is 2. The van der Waals surface area contributed by atoms with Gasteiger partial charge in [0.15, 0.2) is 0 Å². The van der Waals surface area contributed by atoms with E-state index in [2.05, 4.69) is 59.7 Å². The summed E-state index contributed by atoms with van der Waals surface area (Å²) in [6, 6.07) is 11.6. The molecule has 1 aromatic carbocycles. The number of carbonyl (C=O) groups is 1. The van der Waals surface area contributed by atoms with E-state index in [-0.39, 0.29) is 11.9 Å². The number of benzene rings is 1. The van der Waals surface area contributed by atoms with Crippen molar-refractivity contribution in [1.82, 2.24) is 15.5 Å². The monoisotopic (exact) mass is 343 g/mol. The van der Waals surface area contributed by atoms with E-state index in [1.807, 2.05) is 0 Å². The predicted octanol–water partition coefficient (Wildman–Crippen LogP) is 2.59. The number of nitrogens with zero attached hydrogens (tertiary/aromatic N) is 1. The van der Waals surface area contributed by atoms with Crippen molar-refractivity contribution in [3.63, 3.8) is 0 Å². The average molecular weight is 344 g/mol. The van der Waals surface area contributed by atoms with E-state index < -0.39 is 0 Å². The van der Waals surface area contributed by atoms with Gasteiger partial charge in [-0.15, -0.1) is 0 Å². The molecular formula is C21H33N3O. The molecule has 0 aliphatic carbocycles. The zero-order valence-electron chi connectivity index (χ0n) is 15.7. The molecule has 0 radical (unpaired) electrons. The van der Waals surface area contributed by atoms with Crippen LogP contribution in [-0.4, -0.2) is 48.6 Å². The van der Waals surface area contributed by atoms with E-state index in [1.54, 1.807) is 0 Å². The van der Waals surface area contributed by atoms with Gasteiger partial charge < -0.3 is 10.6 Å². The Labute approximate surface area is 152 Å². The first kappa shape index (κ1) is 18.4. The molecule has 25 heavy (non-hydrogen) atoms. The minimum atomic E-state index is -0.0112. The minimum absolute atomic E-state index is 0.0112. The lowest BCUT2D eigenvalue weighted by Crippen LogP contribution is -2.53. The molecule has 3 atom stereocenters. The van der Waals surface area contributed by atoms with Gasteiger partial charge in [-0.25, -0.2) is 0 Å². The molecule has 0 spiro atoms. The Hall–Kier alpha value is -1.39. The fourth-order valence-corrected chi connectivity index (χ4v) is 4.24. The number of nitrogens with one attached hydrogen (secondary N) is 2. The van der Waals surface area contributed by atoms with Gasteiger partial charge in [-0.2, -0.15) is 0 Å². The van der Waals surface area contributed by atoms with Crippen molar-refractivity contribution < 1.29 is 4.79 Å². The molecule has 1 amide bonds. The average Bonchev–Trinajstić information content (AvgIpc) is 2.62. The summed E-state index contributed by atoms with van der Waals surface area (Å²) in [5.74, 6) is 0.958. The van der Waals surface area contributed by atoms with Crippen molar-refractivity contribution in [3.8, 4) is 0 Å². The predicted molar refractivity (Wildman–Crippen MR) is 103 cm³/mol. The maximum absolute atomic E-state index is 12.6. The van der Waals surface area contributed by atoms with Crippen LogP contribution in [0, 0.1) is 5.92 Å². The fraction of sp³-hybridized carbons (Fsp3) is 0.667. The molecule has 0 saturated carbocycles. The van der Waals surface area contributed by atoms with Crippen molar-refractivity contribution in [1.29, 1.82) is 0 Å². The highest BCUT2D eigenvalue weighted by molar-refractivity contribution is 5.81. The number of carbonyl (C=O) groups excluding carboxylic acids is 1. The number of piperidine rings is 2. The van der Waals surface area contributed by atoms with Crippen molar-refractivity contribution >= 4 is 5.91 Å². The van der Waals surface area contributed by atoms with E-state index in [4.69, 9.17) is 0 Å². The summed E-state index contributed by atoms with van der Waals surface area (Å²) in [5.41, 5.74) is 1.44. The quantitative estimate of drug-likeness (QED) is 0.864. The molecule has 1 aromatic rings. The molecule has 2 heterocycles. The highest BCUT2D eigenvalue weighted by Gasteiger charge is 2.28. The van der Waals surface area contributed by atoms with Crippen LogP contribution in [0.5, 0.6) is 0 Å². The number of hydrogen-bond acceptors (Lipinski definition) is 3. The second-order valence-electron chi connectivity index (χ2n) is 7.93.